The molecular weight excluding hydrogens is 254 g/mol. The number of halogens is 1. The fraction of sp³-hybridized carbons (Fsp3) is 0.500. The predicted molar refractivity (Wildman–Crippen MR) is 67.4 cm³/mol. The van der Waals surface area contributed by atoms with Gasteiger partial charge in [0.05, 0.1) is 0 Å². The van der Waals surface area contributed by atoms with Crippen molar-refractivity contribution in [1.82, 2.24) is 4.90 Å². The Hall–Kier alpha value is -0.540. The predicted octanol–water partition coefficient (Wildman–Crippen LogP) is 3.17. The number of benzene rings is 1. The number of hydrogen-bond acceptors (Lipinski definition) is 2. The van der Waals surface area contributed by atoms with E-state index in [-0.39, 0.29) is 0 Å². The third-order valence-corrected chi connectivity index (χ3v) is 2.86. The van der Waals surface area contributed by atoms with Crippen LogP contribution in [0.1, 0.15) is 13.8 Å². The van der Waals surface area contributed by atoms with Gasteiger partial charge in [0.15, 0.2) is 0 Å². The van der Waals surface area contributed by atoms with Crippen LogP contribution in [0.25, 0.3) is 0 Å². The van der Waals surface area contributed by atoms with Gasteiger partial charge in [0.2, 0.25) is 0 Å². The normalized spacial score (nSPS) is 10.7. The van der Waals surface area contributed by atoms with E-state index in [1.807, 2.05) is 24.3 Å². The zero-order valence-electron chi connectivity index (χ0n) is 9.37. The highest BCUT2D eigenvalue weighted by Gasteiger charge is 1.99. The zero-order chi connectivity index (χ0) is 11.1. The number of hydrogen-bond donors (Lipinski definition) is 0. The first-order valence-electron chi connectivity index (χ1n) is 5.37. The zero-order valence-corrected chi connectivity index (χ0v) is 11.0. The molecule has 0 aliphatic heterocycles. The van der Waals surface area contributed by atoms with E-state index >= 15 is 0 Å². The summed E-state index contributed by atoms with van der Waals surface area (Å²) in [5.74, 6) is 0.927. The molecule has 84 valence electrons. The highest BCUT2D eigenvalue weighted by molar-refractivity contribution is 9.10. The molecule has 0 spiro atoms. The Labute approximate surface area is 100 Å². The summed E-state index contributed by atoms with van der Waals surface area (Å²) in [7, 11) is 0. The van der Waals surface area contributed by atoms with E-state index < -0.39 is 0 Å². The van der Waals surface area contributed by atoms with E-state index in [0.29, 0.717) is 0 Å². The molecule has 0 aliphatic carbocycles. The van der Waals surface area contributed by atoms with Crippen LogP contribution >= 0.6 is 15.9 Å². The molecular formula is C12H18BrNO. The van der Waals surface area contributed by atoms with Gasteiger partial charge in [-0.05, 0) is 31.3 Å². The fourth-order valence-electron chi connectivity index (χ4n) is 1.39. The van der Waals surface area contributed by atoms with Crippen LogP contribution < -0.4 is 4.74 Å². The quantitative estimate of drug-likeness (QED) is 0.788. The first-order chi connectivity index (χ1) is 7.26. The van der Waals surface area contributed by atoms with Gasteiger partial charge < -0.3 is 9.64 Å². The Balaban J connectivity index is 2.31. The molecule has 0 aromatic heterocycles. The van der Waals surface area contributed by atoms with Crippen molar-refractivity contribution in [1.29, 1.82) is 0 Å². The van der Waals surface area contributed by atoms with Gasteiger partial charge in [0, 0.05) is 11.0 Å². The van der Waals surface area contributed by atoms with Crippen molar-refractivity contribution in [3.63, 3.8) is 0 Å². The number of ether oxygens (including phenoxy) is 1. The minimum Gasteiger partial charge on any atom is -0.492 e. The fourth-order valence-corrected chi connectivity index (χ4v) is 1.77. The lowest BCUT2D eigenvalue weighted by molar-refractivity contribution is 0.223. The van der Waals surface area contributed by atoms with E-state index in [0.717, 1.165) is 36.5 Å². The van der Waals surface area contributed by atoms with Crippen molar-refractivity contribution in [2.24, 2.45) is 0 Å². The Morgan fingerprint density at radius 2 is 2.00 bits per heavy atom. The van der Waals surface area contributed by atoms with Crippen LogP contribution in [0.3, 0.4) is 0 Å². The lowest BCUT2D eigenvalue weighted by atomic mass is 10.3. The summed E-state index contributed by atoms with van der Waals surface area (Å²) >= 11 is 3.42. The molecule has 1 rings (SSSR count). The van der Waals surface area contributed by atoms with E-state index in [2.05, 4.69) is 34.7 Å². The molecule has 0 unspecified atom stereocenters. The Morgan fingerprint density at radius 1 is 1.27 bits per heavy atom. The highest BCUT2D eigenvalue weighted by atomic mass is 79.9. The molecule has 0 aliphatic rings. The number of likely N-dealkylation sites (N-methyl/N-ethyl adjacent to an activating group) is 1. The van der Waals surface area contributed by atoms with Crippen LogP contribution in [0, 0.1) is 0 Å². The first-order valence-corrected chi connectivity index (χ1v) is 6.16. The summed E-state index contributed by atoms with van der Waals surface area (Å²) < 4.78 is 6.71. The monoisotopic (exact) mass is 271 g/mol. The first kappa shape index (κ1) is 12.5. The van der Waals surface area contributed by atoms with Gasteiger partial charge in [-0.2, -0.15) is 0 Å². The molecule has 2 nitrogen and oxygen atoms in total. The SMILES string of the molecule is CCN(CC)CCOc1cccc(Br)c1. The van der Waals surface area contributed by atoms with Gasteiger partial charge in [0.1, 0.15) is 12.4 Å². The van der Waals surface area contributed by atoms with Crippen molar-refractivity contribution in [3.05, 3.63) is 28.7 Å². The molecule has 3 heteroatoms. The Bertz CT molecular complexity index is 287. The largest absolute Gasteiger partial charge is 0.492 e. The molecule has 0 N–H and O–H groups in total. The van der Waals surface area contributed by atoms with Gasteiger partial charge in [-0.1, -0.05) is 35.8 Å². The maximum Gasteiger partial charge on any atom is 0.120 e. The summed E-state index contributed by atoms with van der Waals surface area (Å²) in [6, 6.07) is 7.95. The van der Waals surface area contributed by atoms with Crippen molar-refractivity contribution in [3.8, 4) is 5.75 Å². The van der Waals surface area contributed by atoms with E-state index in [4.69, 9.17) is 4.74 Å². The second-order valence-corrected chi connectivity index (χ2v) is 4.25. The van der Waals surface area contributed by atoms with Crippen molar-refractivity contribution < 1.29 is 4.74 Å². The molecule has 1 aromatic carbocycles. The average Bonchev–Trinajstić information content (AvgIpc) is 2.25. The van der Waals surface area contributed by atoms with Crippen LogP contribution in [0.15, 0.2) is 28.7 Å². The number of rotatable bonds is 6. The van der Waals surface area contributed by atoms with Crippen molar-refractivity contribution in [2.75, 3.05) is 26.2 Å². The minimum atomic E-state index is 0.748. The summed E-state index contributed by atoms with van der Waals surface area (Å²) in [5, 5.41) is 0. The van der Waals surface area contributed by atoms with Crippen LogP contribution in [0.2, 0.25) is 0 Å². The second-order valence-electron chi connectivity index (χ2n) is 3.33. The van der Waals surface area contributed by atoms with Gasteiger partial charge in [0.25, 0.3) is 0 Å². The van der Waals surface area contributed by atoms with Gasteiger partial charge >= 0.3 is 0 Å². The van der Waals surface area contributed by atoms with Crippen LogP contribution in [0.4, 0.5) is 0 Å². The molecule has 0 fully saturated rings. The average molecular weight is 272 g/mol. The third kappa shape index (κ3) is 4.67. The highest BCUT2D eigenvalue weighted by Crippen LogP contribution is 2.17. The van der Waals surface area contributed by atoms with Gasteiger partial charge in [-0.15, -0.1) is 0 Å². The lowest BCUT2D eigenvalue weighted by Gasteiger charge is -2.17. The second kappa shape index (κ2) is 6.85. The summed E-state index contributed by atoms with van der Waals surface area (Å²) in [5.41, 5.74) is 0. The van der Waals surface area contributed by atoms with Crippen LogP contribution in [-0.4, -0.2) is 31.1 Å². The van der Waals surface area contributed by atoms with Gasteiger partial charge in [-0.3, -0.25) is 0 Å². The van der Waals surface area contributed by atoms with Crippen molar-refractivity contribution in [2.45, 2.75) is 13.8 Å². The van der Waals surface area contributed by atoms with Crippen LogP contribution in [-0.2, 0) is 0 Å². The molecule has 0 heterocycles. The molecule has 0 amide bonds. The van der Waals surface area contributed by atoms with E-state index in [1.165, 1.54) is 0 Å². The molecule has 0 bridgehead atoms. The Kier molecular flexibility index (Phi) is 5.73. The standard InChI is InChI=1S/C12H18BrNO/c1-3-14(4-2)8-9-15-12-7-5-6-11(13)10-12/h5-7,10H,3-4,8-9H2,1-2H3. The Morgan fingerprint density at radius 3 is 2.60 bits per heavy atom. The van der Waals surface area contributed by atoms with Crippen LogP contribution in [0.5, 0.6) is 5.75 Å². The minimum absolute atomic E-state index is 0.748. The third-order valence-electron chi connectivity index (χ3n) is 2.37. The maximum atomic E-state index is 5.65. The molecule has 1 aromatic rings. The smallest absolute Gasteiger partial charge is 0.120 e. The van der Waals surface area contributed by atoms with Gasteiger partial charge in [-0.25, -0.2) is 0 Å². The maximum absolute atomic E-state index is 5.65. The number of nitrogens with zero attached hydrogens (tertiary/aromatic N) is 1. The lowest BCUT2D eigenvalue weighted by Crippen LogP contribution is -2.27. The van der Waals surface area contributed by atoms with E-state index in [9.17, 15) is 0 Å². The molecule has 0 saturated heterocycles. The summed E-state index contributed by atoms with van der Waals surface area (Å²) in [6.45, 7) is 8.24. The molecule has 0 saturated carbocycles. The molecule has 0 atom stereocenters. The summed E-state index contributed by atoms with van der Waals surface area (Å²) in [4.78, 5) is 2.35. The van der Waals surface area contributed by atoms with E-state index in [1.54, 1.807) is 0 Å². The topological polar surface area (TPSA) is 12.5 Å². The molecule has 0 radical (unpaired) electrons. The summed E-state index contributed by atoms with van der Waals surface area (Å²) in [6.07, 6.45) is 0. The van der Waals surface area contributed by atoms with Crippen molar-refractivity contribution >= 4 is 15.9 Å². The molecule has 15 heavy (non-hydrogen) atoms.